The van der Waals surface area contributed by atoms with Crippen molar-refractivity contribution in [1.29, 1.82) is 0 Å². The average Bonchev–Trinajstić information content (AvgIpc) is 2.97. The molecule has 0 spiro atoms. The molecule has 2 aromatic rings. The third-order valence-corrected chi connectivity index (χ3v) is 9.16. The maximum Gasteiger partial charge on any atom is 0.338 e. The van der Waals surface area contributed by atoms with Gasteiger partial charge in [0.15, 0.2) is 0 Å². The molecule has 0 aromatic heterocycles. The van der Waals surface area contributed by atoms with Crippen LogP contribution in [0.15, 0.2) is 48.5 Å². The smallest absolute Gasteiger partial charge is 0.338 e. The van der Waals surface area contributed by atoms with Gasteiger partial charge in [0.2, 0.25) is 0 Å². The summed E-state index contributed by atoms with van der Waals surface area (Å²) in [5, 5.41) is 0. The molecule has 0 atom stereocenters. The van der Waals surface area contributed by atoms with Gasteiger partial charge in [-0.25, -0.2) is 9.59 Å². The van der Waals surface area contributed by atoms with Crippen molar-refractivity contribution >= 4 is 11.9 Å². The second-order valence-corrected chi connectivity index (χ2v) is 12.2. The zero-order valence-electron chi connectivity index (χ0n) is 24.9. The highest BCUT2D eigenvalue weighted by Gasteiger charge is 2.37. The molecule has 0 N–H and O–H groups in total. The van der Waals surface area contributed by atoms with E-state index in [1.54, 1.807) is 24.3 Å². The molecule has 42 heavy (non-hydrogen) atoms. The summed E-state index contributed by atoms with van der Waals surface area (Å²) in [7, 11) is 0. The molecule has 8 heteroatoms. The van der Waals surface area contributed by atoms with E-state index in [0.29, 0.717) is 56.6 Å². The molecule has 0 amide bonds. The Bertz CT molecular complexity index is 1050. The van der Waals surface area contributed by atoms with E-state index >= 15 is 0 Å². The van der Waals surface area contributed by atoms with E-state index in [2.05, 4.69) is 13.8 Å². The van der Waals surface area contributed by atoms with Gasteiger partial charge in [0.1, 0.15) is 18.0 Å². The molecule has 228 valence electrons. The molecule has 0 unspecified atom stereocenters. The van der Waals surface area contributed by atoms with Crippen LogP contribution in [0.5, 0.6) is 5.75 Å². The van der Waals surface area contributed by atoms with Gasteiger partial charge in [-0.15, -0.1) is 0 Å². The van der Waals surface area contributed by atoms with Gasteiger partial charge < -0.3 is 28.4 Å². The van der Waals surface area contributed by atoms with Gasteiger partial charge in [-0.1, -0.05) is 26.0 Å². The van der Waals surface area contributed by atoms with Crippen molar-refractivity contribution in [3.05, 3.63) is 65.2 Å². The van der Waals surface area contributed by atoms with Crippen LogP contribution in [0.2, 0.25) is 0 Å². The Kier molecular flexibility index (Phi) is 10.2. The topological polar surface area (TPSA) is 89.5 Å². The normalized spacial score (nSPS) is 22.3. The third-order valence-electron chi connectivity index (χ3n) is 9.16. The monoisotopic (exact) mass is 580 g/mol. The van der Waals surface area contributed by atoms with Crippen LogP contribution < -0.4 is 4.74 Å². The SMILES string of the molecule is CCC1(CCOc2ccc(C(=O)OC3CCC(OC(=O)c4ccc(COCC5(CC)COC5)cc4)CC3)cc2)COC1. The van der Waals surface area contributed by atoms with Crippen molar-refractivity contribution in [3.8, 4) is 5.75 Å². The van der Waals surface area contributed by atoms with Crippen LogP contribution in [0.1, 0.15) is 85.1 Å². The Morgan fingerprint density at radius 2 is 1.24 bits per heavy atom. The fourth-order valence-corrected chi connectivity index (χ4v) is 5.60. The van der Waals surface area contributed by atoms with Crippen LogP contribution in [0, 0.1) is 10.8 Å². The molecule has 3 fully saturated rings. The number of ether oxygens (including phenoxy) is 6. The molecular weight excluding hydrogens is 536 g/mol. The van der Waals surface area contributed by atoms with Gasteiger partial charge in [0.25, 0.3) is 0 Å². The van der Waals surface area contributed by atoms with Crippen LogP contribution >= 0.6 is 0 Å². The molecule has 1 aliphatic carbocycles. The van der Waals surface area contributed by atoms with Crippen molar-refractivity contribution in [2.75, 3.05) is 39.6 Å². The van der Waals surface area contributed by atoms with E-state index in [1.165, 1.54) is 0 Å². The first-order valence-electron chi connectivity index (χ1n) is 15.4. The van der Waals surface area contributed by atoms with E-state index in [1.807, 2.05) is 24.3 Å². The maximum absolute atomic E-state index is 12.7. The summed E-state index contributed by atoms with van der Waals surface area (Å²) in [6.07, 6.45) is 5.38. The molecule has 1 saturated carbocycles. The highest BCUT2D eigenvalue weighted by atomic mass is 16.6. The number of hydrogen-bond acceptors (Lipinski definition) is 8. The van der Waals surface area contributed by atoms with Crippen LogP contribution in [0.4, 0.5) is 0 Å². The Morgan fingerprint density at radius 1 is 0.738 bits per heavy atom. The van der Waals surface area contributed by atoms with E-state index in [-0.39, 0.29) is 35.0 Å². The Morgan fingerprint density at radius 3 is 1.69 bits per heavy atom. The van der Waals surface area contributed by atoms with Crippen LogP contribution in [-0.2, 0) is 30.3 Å². The largest absolute Gasteiger partial charge is 0.494 e. The molecule has 2 heterocycles. The van der Waals surface area contributed by atoms with Crippen LogP contribution in [-0.4, -0.2) is 63.8 Å². The number of carbonyl (C=O) groups is 2. The van der Waals surface area contributed by atoms with Gasteiger partial charge in [0.05, 0.1) is 57.4 Å². The van der Waals surface area contributed by atoms with Gasteiger partial charge in [-0.05, 0) is 86.9 Å². The number of carbonyl (C=O) groups excluding carboxylic acids is 2. The molecule has 2 saturated heterocycles. The lowest BCUT2D eigenvalue weighted by Crippen LogP contribution is -2.45. The van der Waals surface area contributed by atoms with E-state index in [9.17, 15) is 9.59 Å². The standard InChI is InChI=1S/C34H44O8/c1-3-33(20-38-21-33)17-18-40-28-11-9-27(10-12-28)32(36)42-30-15-13-29(14-16-30)41-31(35)26-7-5-25(6-8-26)19-37-22-34(4-2)23-39-24-34/h5-12,29-30H,3-4,13-24H2,1-2H3. The van der Waals surface area contributed by atoms with Gasteiger partial charge in [0, 0.05) is 10.8 Å². The van der Waals surface area contributed by atoms with E-state index < -0.39 is 0 Å². The summed E-state index contributed by atoms with van der Waals surface area (Å²) in [6.45, 7) is 9.32. The lowest BCUT2D eigenvalue weighted by Gasteiger charge is -2.40. The highest BCUT2D eigenvalue weighted by molar-refractivity contribution is 5.90. The second-order valence-electron chi connectivity index (χ2n) is 12.2. The molecule has 0 radical (unpaired) electrons. The first-order valence-corrected chi connectivity index (χ1v) is 15.4. The number of rotatable bonds is 14. The van der Waals surface area contributed by atoms with Crippen molar-refractivity contribution in [1.82, 2.24) is 0 Å². The molecule has 8 nitrogen and oxygen atoms in total. The lowest BCUT2D eigenvalue weighted by molar-refractivity contribution is -0.152. The fourth-order valence-electron chi connectivity index (χ4n) is 5.60. The van der Waals surface area contributed by atoms with Gasteiger partial charge >= 0.3 is 11.9 Å². The summed E-state index contributed by atoms with van der Waals surface area (Å²) in [5.41, 5.74) is 2.47. The predicted molar refractivity (Wildman–Crippen MR) is 157 cm³/mol. The summed E-state index contributed by atoms with van der Waals surface area (Å²) >= 11 is 0. The Labute approximate surface area is 249 Å². The first-order chi connectivity index (χ1) is 20.4. The lowest BCUT2D eigenvalue weighted by atomic mass is 9.80. The van der Waals surface area contributed by atoms with E-state index in [0.717, 1.165) is 57.0 Å². The Hall–Kier alpha value is -2.94. The van der Waals surface area contributed by atoms with Crippen molar-refractivity contribution in [2.24, 2.45) is 10.8 Å². The highest BCUT2D eigenvalue weighted by Crippen LogP contribution is 2.35. The maximum atomic E-state index is 12.7. The fraction of sp³-hybridized carbons (Fsp3) is 0.588. The summed E-state index contributed by atoms with van der Waals surface area (Å²) < 4.78 is 34.0. The van der Waals surface area contributed by atoms with Gasteiger partial charge in [-0.2, -0.15) is 0 Å². The molecule has 3 aliphatic rings. The van der Waals surface area contributed by atoms with Crippen molar-refractivity contribution < 1.29 is 38.0 Å². The molecule has 5 rings (SSSR count). The summed E-state index contributed by atoms with van der Waals surface area (Å²) in [5.74, 6) is 0.0777. The van der Waals surface area contributed by atoms with Crippen LogP contribution in [0.25, 0.3) is 0 Å². The van der Waals surface area contributed by atoms with Gasteiger partial charge in [-0.3, -0.25) is 0 Å². The minimum atomic E-state index is -0.339. The quantitative estimate of drug-likeness (QED) is 0.246. The molecular formula is C34H44O8. The molecule has 0 bridgehead atoms. The predicted octanol–water partition coefficient (Wildman–Crippen LogP) is 6.15. The number of benzene rings is 2. The van der Waals surface area contributed by atoms with Crippen LogP contribution in [0.3, 0.4) is 0 Å². The molecule has 2 aliphatic heterocycles. The minimum Gasteiger partial charge on any atom is -0.494 e. The number of esters is 2. The second kappa shape index (κ2) is 14.0. The summed E-state index contributed by atoms with van der Waals surface area (Å²) in [4.78, 5) is 25.4. The van der Waals surface area contributed by atoms with Crippen molar-refractivity contribution in [2.45, 2.75) is 77.6 Å². The Balaban J connectivity index is 0.985. The number of hydrogen-bond donors (Lipinski definition) is 0. The zero-order chi connectivity index (χ0) is 29.4. The van der Waals surface area contributed by atoms with E-state index in [4.69, 9.17) is 28.4 Å². The summed E-state index contributed by atoms with van der Waals surface area (Å²) in [6, 6.07) is 14.5. The minimum absolute atomic E-state index is 0.158. The van der Waals surface area contributed by atoms with Crippen molar-refractivity contribution in [3.63, 3.8) is 0 Å². The first kappa shape index (κ1) is 30.5. The third kappa shape index (κ3) is 7.71. The zero-order valence-corrected chi connectivity index (χ0v) is 24.9. The molecule has 2 aromatic carbocycles. The average molecular weight is 581 g/mol.